The summed E-state index contributed by atoms with van der Waals surface area (Å²) in [7, 11) is 0. The van der Waals surface area contributed by atoms with Gasteiger partial charge in [-0.2, -0.15) is 0 Å². The molecule has 2 nitrogen and oxygen atoms in total. The zero-order chi connectivity index (χ0) is 10.7. The molecule has 0 N–H and O–H groups in total. The predicted octanol–water partition coefficient (Wildman–Crippen LogP) is 2.06. The molecule has 2 rings (SSSR count). The molecule has 15 heavy (non-hydrogen) atoms. The molecule has 0 spiro atoms. The van der Waals surface area contributed by atoms with E-state index in [0.717, 1.165) is 11.8 Å². The molecule has 0 atom stereocenters. The molecule has 0 aliphatic carbocycles. The van der Waals surface area contributed by atoms with Crippen LogP contribution in [0.1, 0.15) is 33.1 Å². The number of hydrogen-bond donors (Lipinski definition) is 0. The number of nitrogens with zero attached hydrogens (tertiary/aromatic N) is 2. The first-order chi connectivity index (χ1) is 7.31. The van der Waals surface area contributed by atoms with Crippen molar-refractivity contribution in [1.82, 2.24) is 9.80 Å². The number of likely N-dealkylation sites (tertiary alicyclic amines) is 2. The summed E-state index contributed by atoms with van der Waals surface area (Å²) < 4.78 is 0. The fourth-order valence-corrected chi connectivity index (χ4v) is 2.93. The largest absolute Gasteiger partial charge is 0.304 e. The third kappa shape index (κ3) is 2.94. The number of rotatable bonds is 4. The van der Waals surface area contributed by atoms with E-state index in [1.54, 1.807) is 0 Å². The van der Waals surface area contributed by atoms with Crippen molar-refractivity contribution < 1.29 is 0 Å². The van der Waals surface area contributed by atoms with Crippen LogP contribution in [0.5, 0.6) is 0 Å². The van der Waals surface area contributed by atoms with Gasteiger partial charge in [0.1, 0.15) is 0 Å². The third-order valence-electron chi connectivity index (χ3n) is 4.28. The van der Waals surface area contributed by atoms with Crippen LogP contribution in [0, 0.1) is 11.8 Å². The molecule has 0 unspecified atom stereocenters. The topological polar surface area (TPSA) is 6.48 Å². The van der Waals surface area contributed by atoms with E-state index in [1.807, 2.05) is 0 Å². The van der Waals surface area contributed by atoms with Crippen LogP contribution in [0.15, 0.2) is 0 Å². The van der Waals surface area contributed by atoms with E-state index in [2.05, 4.69) is 23.6 Å². The van der Waals surface area contributed by atoms with Gasteiger partial charge in [-0.3, -0.25) is 0 Å². The Balaban J connectivity index is 1.61. The quantitative estimate of drug-likeness (QED) is 0.701. The maximum atomic E-state index is 2.67. The average Bonchev–Trinajstić information content (AvgIpc) is 2.23. The lowest BCUT2D eigenvalue weighted by molar-refractivity contribution is 0.0611. The maximum absolute atomic E-state index is 2.67. The van der Waals surface area contributed by atoms with Crippen molar-refractivity contribution in [2.24, 2.45) is 11.8 Å². The summed E-state index contributed by atoms with van der Waals surface area (Å²) in [6, 6.07) is 0. The van der Waals surface area contributed by atoms with Crippen LogP contribution >= 0.6 is 0 Å². The van der Waals surface area contributed by atoms with Gasteiger partial charge >= 0.3 is 0 Å². The van der Waals surface area contributed by atoms with E-state index in [4.69, 9.17) is 0 Å². The molecule has 0 amide bonds. The van der Waals surface area contributed by atoms with Crippen molar-refractivity contribution in [3.63, 3.8) is 0 Å². The van der Waals surface area contributed by atoms with Gasteiger partial charge in [0.25, 0.3) is 0 Å². The van der Waals surface area contributed by atoms with Crippen LogP contribution in [0.2, 0.25) is 0 Å². The van der Waals surface area contributed by atoms with Gasteiger partial charge in [0.2, 0.25) is 0 Å². The van der Waals surface area contributed by atoms with E-state index >= 15 is 0 Å². The summed E-state index contributed by atoms with van der Waals surface area (Å²) in [6.07, 6.45) is 4.24. The Bertz CT molecular complexity index is 179. The highest BCUT2D eigenvalue weighted by atomic mass is 15.2. The van der Waals surface area contributed by atoms with Gasteiger partial charge in [-0.1, -0.05) is 20.3 Å². The van der Waals surface area contributed by atoms with Crippen molar-refractivity contribution in [1.29, 1.82) is 0 Å². The normalized spacial score (nSPS) is 26.8. The minimum absolute atomic E-state index is 0.991. The molecule has 2 fully saturated rings. The lowest BCUT2D eigenvalue weighted by Gasteiger charge is -2.42. The van der Waals surface area contributed by atoms with Crippen molar-refractivity contribution in [3.8, 4) is 0 Å². The molecule has 0 bridgehead atoms. The second-order valence-corrected chi connectivity index (χ2v) is 5.37. The van der Waals surface area contributed by atoms with Crippen LogP contribution in [-0.2, 0) is 0 Å². The molecule has 0 aromatic heterocycles. The van der Waals surface area contributed by atoms with Gasteiger partial charge in [0.05, 0.1) is 0 Å². The first kappa shape index (κ1) is 11.4. The van der Waals surface area contributed by atoms with Crippen LogP contribution < -0.4 is 0 Å². The fourth-order valence-electron chi connectivity index (χ4n) is 2.93. The number of hydrogen-bond acceptors (Lipinski definition) is 2. The van der Waals surface area contributed by atoms with Gasteiger partial charge in [0.15, 0.2) is 0 Å². The van der Waals surface area contributed by atoms with Gasteiger partial charge in [0, 0.05) is 19.6 Å². The Morgan fingerprint density at radius 3 is 2.13 bits per heavy atom. The first-order valence-corrected chi connectivity index (χ1v) is 6.76. The Hall–Kier alpha value is -0.0800. The second-order valence-electron chi connectivity index (χ2n) is 5.37. The predicted molar refractivity (Wildman–Crippen MR) is 65.1 cm³/mol. The minimum Gasteiger partial charge on any atom is -0.304 e. The highest BCUT2D eigenvalue weighted by Crippen LogP contribution is 2.24. The molecule has 0 saturated carbocycles. The summed E-state index contributed by atoms with van der Waals surface area (Å²) in [5.41, 5.74) is 0. The Kier molecular flexibility index (Phi) is 4.04. The van der Waals surface area contributed by atoms with Crippen molar-refractivity contribution in [2.75, 3.05) is 39.3 Å². The lowest BCUT2D eigenvalue weighted by atomic mass is 9.91. The van der Waals surface area contributed by atoms with E-state index in [0.29, 0.717) is 0 Å². The summed E-state index contributed by atoms with van der Waals surface area (Å²) in [5, 5.41) is 0. The zero-order valence-electron chi connectivity index (χ0n) is 10.4. The molecule has 2 aliphatic rings. The van der Waals surface area contributed by atoms with E-state index in [-0.39, 0.29) is 0 Å². The summed E-state index contributed by atoms with van der Waals surface area (Å²) in [4.78, 5) is 5.25. The summed E-state index contributed by atoms with van der Waals surface area (Å²) in [6.45, 7) is 12.7. The molecule has 0 aromatic rings. The zero-order valence-corrected chi connectivity index (χ0v) is 10.4. The van der Waals surface area contributed by atoms with Gasteiger partial charge in [-0.15, -0.1) is 0 Å². The smallest absolute Gasteiger partial charge is 0.00220 e. The molecular weight excluding hydrogens is 184 g/mol. The molecule has 2 aliphatic heterocycles. The maximum Gasteiger partial charge on any atom is 0.00220 e. The van der Waals surface area contributed by atoms with E-state index in [1.165, 1.54) is 58.5 Å². The van der Waals surface area contributed by atoms with Crippen LogP contribution in [-0.4, -0.2) is 49.1 Å². The monoisotopic (exact) mass is 210 g/mol. The highest BCUT2D eigenvalue weighted by Gasteiger charge is 2.28. The molecule has 2 heterocycles. The van der Waals surface area contributed by atoms with E-state index in [9.17, 15) is 0 Å². The van der Waals surface area contributed by atoms with Crippen LogP contribution in [0.3, 0.4) is 0 Å². The summed E-state index contributed by atoms with van der Waals surface area (Å²) >= 11 is 0. The SMILES string of the molecule is CCC1CN(CC2CCN(CC)CC2)C1. The van der Waals surface area contributed by atoms with Crippen molar-refractivity contribution >= 4 is 0 Å². The van der Waals surface area contributed by atoms with E-state index < -0.39 is 0 Å². The molecule has 88 valence electrons. The number of piperidine rings is 1. The van der Waals surface area contributed by atoms with Gasteiger partial charge in [-0.05, 0) is 44.3 Å². The molecule has 2 heteroatoms. The first-order valence-electron chi connectivity index (χ1n) is 6.76. The lowest BCUT2D eigenvalue weighted by Crippen LogP contribution is -2.49. The second kappa shape index (κ2) is 5.31. The molecular formula is C13H26N2. The van der Waals surface area contributed by atoms with Crippen molar-refractivity contribution in [2.45, 2.75) is 33.1 Å². The Morgan fingerprint density at radius 1 is 0.933 bits per heavy atom. The molecule has 0 radical (unpaired) electrons. The fraction of sp³-hybridized carbons (Fsp3) is 1.00. The van der Waals surface area contributed by atoms with Crippen molar-refractivity contribution in [3.05, 3.63) is 0 Å². The molecule has 0 aromatic carbocycles. The summed E-state index contributed by atoms with van der Waals surface area (Å²) in [5.74, 6) is 2.01. The van der Waals surface area contributed by atoms with Gasteiger partial charge < -0.3 is 9.80 Å². The van der Waals surface area contributed by atoms with Crippen LogP contribution in [0.4, 0.5) is 0 Å². The Labute approximate surface area is 94.6 Å². The minimum atomic E-state index is 0.991. The standard InChI is InChI=1S/C13H26N2/c1-3-12-9-15(10-12)11-13-5-7-14(4-2)8-6-13/h12-13H,3-11H2,1-2H3. The molecule has 2 saturated heterocycles. The third-order valence-corrected chi connectivity index (χ3v) is 4.28. The Morgan fingerprint density at radius 2 is 1.60 bits per heavy atom. The average molecular weight is 210 g/mol. The van der Waals surface area contributed by atoms with Crippen LogP contribution in [0.25, 0.3) is 0 Å². The van der Waals surface area contributed by atoms with Gasteiger partial charge in [-0.25, -0.2) is 0 Å². The highest BCUT2D eigenvalue weighted by molar-refractivity contribution is 4.82.